The maximum atomic E-state index is 0. The third kappa shape index (κ3) is 26.4. The molecule has 0 N–H and O–H groups in total. The average molecular weight is 143 g/mol. The standard InChI is InChI=1S/Fe.Li.2O.Ti/q+2;+1;2*-2;+4. The molecule has 5 heteroatoms. The molecular formula is FeLiO2Ti+3. The molecule has 0 aliphatic rings. The van der Waals surface area contributed by atoms with Crippen molar-refractivity contribution in [1.82, 2.24) is 0 Å². The van der Waals surface area contributed by atoms with Crippen LogP contribution in [0, 0.1) is 0 Å². The van der Waals surface area contributed by atoms with Crippen LogP contribution in [0.3, 0.4) is 0 Å². The predicted octanol–water partition coefficient (Wildman–Crippen LogP) is -3.24. The minimum absolute atomic E-state index is 0. The molecule has 5 heavy (non-hydrogen) atoms. The quantitative estimate of drug-likeness (QED) is 0.320. The smallest absolute Gasteiger partial charge is 2.00 e. The molecule has 2 nitrogen and oxygen atoms in total. The molecule has 0 aliphatic heterocycles. The number of hydrogen-bond donors (Lipinski definition) is 0. The van der Waals surface area contributed by atoms with Gasteiger partial charge in [-0.05, 0) is 0 Å². The maximum Gasteiger partial charge on any atom is 4.00 e. The van der Waals surface area contributed by atoms with Crippen LogP contribution in [0.4, 0.5) is 0 Å². The van der Waals surface area contributed by atoms with Crippen molar-refractivity contribution in [2.45, 2.75) is 0 Å². The van der Waals surface area contributed by atoms with E-state index in [4.69, 9.17) is 0 Å². The van der Waals surface area contributed by atoms with Gasteiger partial charge in [-0.3, -0.25) is 0 Å². The van der Waals surface area contributed by atoms with Crippen LogP contribution in [0.15, 0.2) is 0 Å². The molecule has 0 saturated heterocycles. The molecule has 0 heterocycles. The van der Waals surface area contributed by atoms with E-state index in [9.17, 15) is 0 Å². The van der Waals surface area contributed by atoms with E-state index in [2.05, 4.69) is 0 Å². The predicted molar refractivity (Wildman–Crippen MR) is 1.37 cm³/mol. The molecular weight excluding hydrogens is 143 g/mol. The van der Waals surface area contributed by atoms with Gasteiger partial charge in [0.05, 0.1) is 0 Å². The van der Waals surface area contributed by atoms with Crippen LogP contribution in [0.5, 0.6) is 0 Å². The van der Waals surface area contributed by atoms with Crippen LogP contribution in [-0.4, -0.2) is 0 Å². The second kappa shape index (κ2) is 42.3. The van der Waals surface area contributed by atoms with E-state index in [0.717, 1.165) is 0 Å². The van der Waals surface area contributed by atoms with Gasteiger partial charge in [0, 0.05) is 0 Å². The first-order valence-corrected chi connectivity index (χ1v) is 0. The summed E-state index contributed by atoms with van der Waals surface area (Å²) in [6.07, 6.45) is 0. The second-order valence-electron chi connectivity index (χ2n) is 0. The third-order valence-corrected chi connectivity index (χ3v) is 0. The van der Waals surface area contributed by atoms with Crippen molar-refractivity contribution in [1.29, 1.82) is 0 Å². The monoisotopic (exact) mass is 143 g/mol. The molecule has 0 rings (SSSR count). The molecule has 0 unspecified atom stereocenters. The molecule has 0 saturated carbocycles. The number of hydrogen-bond acceptors (Lipinski definition) is 0. The summed E-state index contributed by atoms with van der Waals surface area (Å²) in [6, 6.07) is 0. The Morgan fingerprint density at radius 3 is 0.800 bits per heavy atom. The molecule has 0 radical (unpaired) electrons. The summed E-state index contributed by atoms with van der Waals surface area (Å²) in [5.74, 6) is 0. The molecule has 0 aromatic carbocycles. The Balaban J connectivity index is 0. The summed E-state index contributed by atoms with van der Waals surface area (Å²) in [5.41, 5.74) is 0. The largest absolute Gasteiger partial charge is 4.00 e. The van der Waals surface area contributed by atoms with Gasteiger partial charge in [-0.25, -0.2) is 0 Å². The number of rotatable bonds is 0. The van der Waals surface area contributed by atoms with E-state index >= 15 is 0 Å². The Bertz CT molecular complexity index is 9.61. The Labute approximate surface area is 68.2 Å². The van der Waals surface area contributed by atoms with Gasteiger partial charge in [0.2, 0.25) is 0 Å². The fourth-order valence-electron chi connectivity index (χ4n) is 0. The molecule has 0 aliphatic carbocycles. The van der Waals surface area contributed by atoms with Crippen molar-refractivity contribution < 1.29 is 68.6 Å². The van der Waals surface area contributed by atoms with Gasteiger partial charge in [0.1, 0.15) is 0 Å². The van der Waals surface area contributed by atoms with Crippen LogP contribution < -0.4 is 18.9 Å². The van der Waals surface area contributed by atoms with Crippen LogP contribution in [-0.2, 0) is 49.7 Å². The van der Waals surface area contributed by atoms with E-state index < -0.39 is 0 Å². The Morgan fingerprint density at radius 1 is 0.800 bits per heavy atom. The van der Waals surface area contributed by atoms with E-state index in [1.165, 1.54) is 0 Å². The van der Waals surface area contributed by atoms with Crippen molar-refractivity contribution in [3.63, 3.8) is 0 Å². The molecule has 0 amide bonds. The molecule has 0 aromatic rings. The maximum absolute atomic E-state index is 0. The summed E-state index contributed by atoms with van der Waals surface area (Å²) in [7, 11) is 0. The van der Waals surface area contributed by atoms with Crippen molar-refractivity contribution in [2.24, 2.45) is 0 Å². The molecule has 22 valence electrons. The average Bonchev–Trinajstić information content (AvgIpc) is 0. The molecule has 0 atom stereocenters. The van der Waals surface area contributed by atoms with Crippen molar-refractivity contribution in [3.05, 3.63) is 0 Å². The fourth-order valence-corrected chi connectivity index (χ4v) is 0. The SMILES string of the molecule is [Fe+2].[Li+].[O-2].[O-2].[Ti+4]. The molecule has 0 fully saturated rings. The van der Waals surface area contributed by atoms with Crippen molar-refractivity contribution in [2.75, 3.05) is 0 Å². The zero-order valence-corrected chi connectivity index (χ0v) is 5.34. The fraction of sp³-hybridized carbons (Fsp3) is 0. The molecule has 0 spiro atoms. The Kier molecular flexibility index (Phi) is 617. The Morgan fingerprint density at radius 2 is 0.800 bits per heavy atom. The van der Waals surface area contributed by atoms with Crippen LogP contribution in [0.2, 0.25) is 0 Å². The van der Waals surface area contributed by atoms with Gasteiger partial charge in [-0.15, -0.1) is 0 Å². The second-order valence-corrected chi connectivity index (χ2v) is 0. The van der Waals surface area contributed by atoms with Crippen LogP contribution >= 0.6 is 0 Å². The van der Waals surface area contributed by atoms with Crippen LogP contribution in [0.1, 0.15) is 0 Å². The minimum Gasteiger partial charge on any atom is -2.00 e. The van der Waals surface area contributed by atoms with E-state index in [1.807, 2.05) is 0 Å². The van der Waals surface area contributed by atoms with Gasteiger partial charge in [0.25, 0.3) is 0 Å². The third-order valence-electron chi connectivity index (χ3n) is 0. The molecule has 0 bridgehead atoms. The first-order valence-electron chi connectivity index (χ1n) is 0. The Hall–Kier alpha value is 1.75. The van der Waals surface area contributed by atoms with Crippen molar-refractivity contribution >= 4 is 0 Å². The normalized spacial score (nSPS) is 0. The van der Waals surface area contributed by atoms with Gasteiger partial charge in [-0.1, -0.05) is 0 Å². The summed E-state index contributed by atoms with van der Waals surface area (Å²) in [4.78, 5) is 0. The minimum atomic E-state index is 0. The van der Waals surface area contributed by atoms with Gasteiger partial charge >= 0.3 is 57.6 Å². The van der Waals surface area contributed by atoms with Crippen molar-refractivity contribution in [3.8, 4) is 0 Å². The summed E-state index contributed by atoms with van der Waals surface area (Å²) >= 11 is 0. The van der Waals surface area contributed by atoms with E-state index in [1.54, 1.807) is 0 Å². The zero-order chi connectivity index (χ0) is 0. The topological polar surface area (TPSA) is 57.0 Å². The zero-order valence-electron chi connectivity index (χ0n) is 2.67. The first-order chi connectivity index (χ1) is 0. The van der Waals surface area contributed by atoms with Crippen LogP contribution in [0.25, 0.3) is 0 Å². The van der Waals surface area contributed by atoms with Gasteiger partial charge < -0.3 is 11.0 Å². The summed E-state index contributed by atoms with van der Waals surface area (Å²) < 4.78 is 0. The summed E-state index contributed by atoms with van der Waals surface area (Å²) in [5, 5.41) is 0. The van der Waals surface area contributed by atoms with E-state index in [0.29, 0.717) is 0 Å². The first kappa shape index (κ1) is 72.8. The molecule has 0 aromatic heterocycles. The van der Waals surface area contributed by atoms with Gasteiger partial charge in [-0.2, -0.15) is 0 Å². The summed E-state index contributed by atoms with van der Waals surface area (Å²) in [6.45, 7) is 0. The van der Waals surface area contributed by atoms with Gasteiger partial charge in [0.15, 0.2) is 0 Å². The van der Waals surface area contributed by atoms with E-state index in [-0.39, 0.29) is 68.6 Å².